The average Bonchev–Trinajstić information content (AvgIpc) is 2.45. The standard InChI is InChI=1S/C17H23NO3/c19-16(14-6-4-2-1-3-5-7-14)18-12-13-8-10-15(11-9-13)17(20)21/h8-11,14H,1-7,12H2,(H,18,19)(H,20,21). The Kier molecular flexibility index (Phi) is 5.78. The van der Waals surface area contributed by atoms with Gasteiger partial charge in [0.25, 0.3) is 0 Å². The van der Waals surface area contributed by atoms with Gasteiger partial charge in [0.2, 0.25) is 5.91 Å². The first-order valence-electron chi connectivity index (χ1n) is 7.77. The van der Waals surface area contributed by atoms with E-state index in [1.54, 1.807) is 24.3 Å². The van der Waals surface area contributed by atoms with Crippen LogP contribution in [0.4, 0.5) is 0 Å². The van der Waals surface area contributed by atoms with Gasteiger partial charge >= 0.3 is 5.97 Å². The van der Waals surface area contributed by atoms with E-state index in [2.05, 4.69) is 5.32 Å². The normalized spacial score (nSPS) is 16.8. The van der Waals surface area contributed by atoms with Crippen LogP contribution in [-0.4, -0.2) is 17.0 Å². The Morgan fingerprint density at radius 2 is 1.57 bits per heavy atom. The molecule has 21 heavy (non-hydrogen) atoms. The van der Waals surface area contributed by atoms with Crippen molar-refractivity contribution in [3.63, 3.8) is 0 Å². The number of rotatable bonds is 4. The van der Waals surface area contributed by atoms with Crippen molar-refractivity contribution < 1.29 is 14.7 Å². The van der Waals surface area contributed by atoms with Crippen molar-refractivity contribution in [1.29, 1.82) is 0 Å². The third-order valence-corrected chi connectivity index (χ3v) is 4.14. The van der Waals surface area contributed by atoms with E-state index in [-0.39, 0.29) is 17.4 Å². The van der Waals surface area contributed by atoms with Crippen molar-refractivity contribution in [2.45, 2.75) is 51.5 Å². The molecule has 114 valence electrons. The summed E-state index contributed by atoms with van der Waals surface area (Å²) in [5, 5.41) is 11.8. The third kappa shape index (κ3) is 4.88. The van der Waals surface area contributed by atoms with Crippen molar-refractivity contribution in [2.75, 3.05) is 0 Å². The summed E-state index contributed by atoms with van der Waals surface area (Å²) < 4.78 is 0. The molecule has 2 N–H and O–H groups in total. The Morgan fingerprint density at radius 3 is 2.14 bits per heavy atom. The zero-order valence-electron chi connectivity index (χ0n) is 12.3. The lowest BCUT2D eigenvalue weighted by molar-refractivity contribution is -0.125. The molecule has 0 unspecified atom stereocenters. The summed E-state index contributed by atoms with van der Waals surface area (Å²) in [6, 6.07) is 6.64. The van der Waals surface area contributed by atoms with Crippen LogP contribution in [0, 0.1) is 5.92 Å². The number of amides is 1. The molecule has 0 aromatic heterocycles. The molecular formula is C17H23NO3. The van der Waals surface area contributed by atoms with Gasteiger partial charge in [0, 0.05) is 12.5 Å². The van der Waals surface area contributed by atoms with Crippen LogP contribution in [-0.2, 0) is 11.3 Å². The lowest BCUT2D eigenvalue weighted by atomic mass is 9.90. The highest BCUT2D eigenvalue weighted by Crippen LogP contribution is 2.22. The molecule has 1 aromatic carbocycles. The van der Waals surface area contributed by atoms with Crippen LogP contribution in [0.15, 0.2) is 24.3 Å². The van der Waals surface area contributed by atoms with Gasteiger partial charge in [0.15, 0.2) is 0 Å². The summed E-state index contributed by atoms with van der Waals surface area (Å²) in [6.07, 6.45) is 8.04. The van der Waals surface area contributed by atoms with Gasteiger partial charge in [0.05, 0.1) is 5.56 Å². The van der Waals surface area contributed by atoms with Gasteiger partial charge in [-0.1, -0.05) is 44.2 Å². The SMILES string of the molecule is O=C(O)c1ccc(CNC(=O)C2CCCCCCC2)cc1. The van der Waals surface area contributed by atoms with Crippen LogP contribution >= 0.6 is 0 Å². The predicted molar refractivity (Wildman–Crippen MR) is 81.1 cm³/mol. The number of hydrogen-bond donors (Lipinski definition) is 2. The number of aromatic carboxylic acids is 1. The number of nitrogens with one attached hydrogen (secondary N) is 1. The fourth-order valence-electron chi connectivity index (χ4n) is 2.82. The monoisotopic (exact) mass is 289 g/mol. The van der Waals surface area contributed by atoms with Crippen LogP contribution < -0.4 is 5.32 Å². The molecule has 0 spiro atoms. The van der Waals surface area contributed by atoms with Crippen molar-refractivity contribution in [1.82, 2.24) is 5.32 Å². The van der Waals surface area contributed by atoms with E-state index in [1.165, 1.54) is 19.3 Å². The lowest BCUT2D eigenvalue weighted by Crippen LogP contribution is -2.30. The first kappa shape index (κ1) is 15.5. The Hall–Kier alpha value is -1.84. The number of hydrogen-bond acceptors (Lipinski definition) is 2. The number of benzene rings is 1. The van der Waals surface area contributed by atoms with Crippen LogP contribution in [0.2, 0.25) is 0 Å². The fourth-order valence-corrected chi connectivity index (χ4v) is 2.82. The lowest BCUT2D eigenvalue weighted by Gasteiger charge is -2.19. The van der Waals surface area contributed by atoms with Gasteiger partial charge in [-0.25, -0.2) is 4.79 Å². The van der Waals surface area contributed by atoms with E-state index in [0.717, 1.165) is 31.2 Å². The van der Waals surface area contributed by atoms with E-state index in [1.807, 2.05) is 0 Å². The zero-order chi connectivity index (χ0) is 15.1. The second-order valence-corrected chi connectivity index (χ2v) is 5.76. The van der Waals surface area contributed by atoms with Gasteiger partial charge in [-0.05, 0) is 30.5 Å². The smallest absolute Gasteiger partial charge is 0.335 e. The minimum atomic E-state index is -0.930. The molecule has 1 aliphatic rings. The highest BCUT2D eigenvalue weighted by atomic mass is 16.4. The highest BCUT2D eigenvalue weighted by molar-refractivity contribution is 5.87. The third-order valence-electron chi connectivity index (χ3n) is 4.14. The maximum atomic E-state index is 12.2. The molecule has 4 heteroatoms. The number of carbonyl (C=O) groups is 2. The largest absolute Gasteiger partial charge is 0.478 e. The van der Waals surface area contributed by atoms with Gasteiger partial charge in [-0.2, -0.15) is 0 Å². The summed E-state index contributed by atoms with van der Waals surface area (Å²) >= 11 is 0. The van der Waals surface area contributed by atoms with Gasteiger partial charge < -0.3 is 10.4 Å². The number of carboxylic acids is 1. The molecule has 1 saturated carbocycles. The van der Waals surface area contributed by atoms with Crippen LogP contribution in [0.25, 0.3) is 0 Å². The average molecular weight is 289 g/mol. The van der Waals surface area contributed by atoms with E-state index in [9.17, 15) is 9.59 Å². The topological polar surface area (TPSA) is 66.4 Å². The van der Waals surface area contributed by atoms with E-state index in [4.69, 9.17) is 5.11 Å². The highest BCUT2D eigenvalue weighted by Gasteiger charge is 2.18. The molecule has 0 radical (unpaired) electrons. The molecule has 0 bridgehead atoms. The molecule has 1 aromatic rings. The van der Waals surface area contributed by atoms with Crippen LogP contribution in [0.3, 0.4) is 0 Å². The molecule has 0 heterocycles. The number of carboxylic acid groups (broad SMARTS) is 1. The van der Waals surface area contributed by atoms with Crippen molar-refractivity contribution in [2.24, 2.45) is 5.92 Å². The molecule has 1 amide bonds. The Bertz CT molecular complexity index is 473. The molecule has 1 aliphatic carbocycles. The zero-order valence-corrected chi connectivity index (χ0v) is 12.3. The van der Waals surface area contributed by atoms with Gasteiger partial charge in [-0.3, -0.25) is 4.79 Å². The summed E-state index contributed by atoms with van der Waals surface area (Å²) in [4.78, 5) is 23.0. The minimum Gasteiger partial charge on any atom is -0.478 e. The molecule has 0 aliphatic heterocycles. The van der Waals surface area contributed by atoms with Crippen molar-refractivity contribution >= 4 is 11.9 Å². The minimum absolute atomic E-state index is 0.138. The van der Waals surface area contributed by atoms with Crippen molar-refractivity contribution in [3.05, 3.63) is 35.4 Å². The Labute approximate surface area is 125 Å². The van der Waals surface area contributed by atoms with E-state index >= 15 is 0 Å². The summed E-state index contributed by atoms with van der Waals surface area (Å²) in [5.41, 5.74) is 1.20. The summed E-state index contributed by atoms with van der Waals surface area (Å²) in [6.45, 7) is 0.467. The second-order valence-electron chi connectivity index (χ2n) is 5.76. The molecule has 2 rings (SSSR count). The van der Waals surface area contributed by atoms with E-state index < -0.39 is 5.97 Å². The van der Waals surface area contributed by atoms with Crippen LogP contribution in [0.1, 0.15) is 60.9 Å². The maximum Gasteiger partial charge on any atom is 0.335 e. The van der Waals surface area contributed by atoms with Gasteiger partial charge in [0.1, 0.15) is 0 Å². The molecule has 0 saturated heterocycles. The molecular weight excluding hydrogens is 266 g/mol. The number of carbonyl (C=O) groups excluding carboxylic acids is 1. The predicted octanol–water partition coefficient (Wildman–Crippen LogP) is 3.36. The quantitative estimate of drug-likeness (QED) is 0.893. The second kappa shape index (κ2) is 7.81. The maximum absolute atomic E-state index is 12.2. The summed E-state index contributed by atoms with van der Waals surface area (Å²) in [7, 11) is 0. The first-order chi connectivity index (χ1) is 10.2. The molecule has 4 nitrogen and oxygen atoms in total. The molecule has 0 atom stereocenters. The van der Waals surface area contributed by atoms with E-state index in [0.29, 0.717) is 6.54 Å². The van der Waals surface area contributed by atoms with Crippen molar-refractivity contribution in [3.8, 4) is 0 Å². The molecule has 1 fully saturated rings. The van der Waals surface area contributed by atoms with Crippen LogP contribution in [0.5, 0.6) is 0 Å². The fraction of sp³-hybridized carbons (Fsp3) is 0.529. The Balaban J connectivity index is 1.83. The summed E-state index contributed by atoms with van der Waals surface area (Å²) in [5.74, 6) is -0.650. The van der Waals surface area contributed by atoms with Gasteiger partial charge in [-0.15, -0.1) is 0 Å². The first-order valence-corrected chi connectivity index (χ1v) is 7.77. The Morgan fingerprint density at radius 1 is 1.00 bits per heavy atom.